The van der Waals surface area contributed by atoms with Gasteiger partial charge in [0.25, 0.3) is 0 Å². The van der Waals surface area contributed by atoms with Gasteiger partial charge in [-0.2, -0.15) is 0 Å². The van der Waals surface area contributed by atoms with Gasteiger partial charge in [0.2, 0.25) is 0 Å². The molecule has 0 radical (unpaired) electrons. The van der Waals surface area contributed by atoms with Crippen LogP contribution >= 0.6 is 15.9 Å². The van der Waals surface area contributed by atoms with Crippen molar-refractivity contribution in [2.75, 3.05) is 18.0 Å². The lowest BCUT2D eigenvalue weighted by Gasteiger charge is -2.28. The highest BCUT2D eigenvalue weighted by Gasteiger charge is 2.18. The number of ketones is 1. The number of hydrogen-bond acceptors (Lipinski definition) is 2. The van der Waals surface area contributed by atoms with Gasteiger partial charge in [-0.3, -0.25) is 4.79 Å². The van der Waals surface area contributed by atoms with Gasteiger partial charge in [-0.25, -0.2) is 0 Å². The summed E-state index contributed by atoms with van der Waals surface area (Å²) in [7, 11) is 0. The Morgan fingerprint density at radius 3 is 2.87 bits per heavy atom. The highest BCUT2D eigenvalue weighted by molar-refractivity contribution is 9.10. The fourth-order valence-corrected chi connectivity index (χ4v) is 2.66. The number of carbonyl (C=O) groups excluding carboxylic acids is 1. The van der Waals surface area contributed by atoms with Crippen molar-refractivity contribution in [2.45, 2.75) is 19.8 Å². The van der Waals surface area contributed by atoms with E-state index >= 15 is 0 Å². The molecule has 0 aliphatic carbocycles. The molecule has 0 amide bonds. The summed E-state index contributed by atoms with van der Waals surface area (Å²) in [6.07, 6.45) is 1.71. The molecule has 15 heavy (non-hydrogen) atoms. The second kappa shape index (κ2) is 4.35. The summed E-state index contributed by atoms with van der Waals surface area (Å²) in [6.45, 7) is 3.60. The van der Waals surface area contributed by atoms with Crippen molar-refractivity contribution in [3.63, 3.8) is 0 Å². The van der Waals surface area contributed by atoms with Crippen LogP contribution in [0.5, 0.6) is 0 Å². The van der Waals surface area contributed by atoms with Gasteiger partial charge >= 0.3 is 0 Å². The third kappa shape index (κ3) is 2.40. The van der Waals surface area contributed by atoms with Crippen molar-refractivity contribution >= 4 is 27.4 Å². The van der Waals surface area contributed by atoms with E-state index in [-0.39, 0.29) is 0 Å². The predicted molar refractivity (Wildman–Crippen MR) is 65.3 cm³/mol. The molecule has 2 nitrogen and oxygen atoms in total. The normalized spacial score (nSPS) is 16.9. The lowest BCUT2D eigenvalue weighted by molar-refractivity contribution is -0.118. The van der Waals surface area contributed by atoms with Crippen LogP contribution in [-0.4, -0.2) is 18.9 Å². The minimum absolute atomic E-state index is 0.341. The van der Waals surface area contributed by atoms with E-state index in [1.165, 1.54) is 5.56 Å². The molecule has 1 aromatic carbocycles. The number of Topliss-reactive ketones (excluding diaryl/α,β-unsaturated/α-hetero) is 1. The number of nitrogens with zero attached hydrogens (tertiary/aromatic N) is 1. The van der Waals surface area contributed by atoms with Gasteiger partial charge in [0.1, 0.15) is 0 Å². The monoisotopic (exact) mass is 267 g/mol. The van der Waals surface area contributed by atoms with Crippen LogP contribution in [-0.2, 0) is 4.79 Å². The summed E-state index contributed by atoms with van der Waals surface area (Å²) in [5.41, 5.74) is 2.36. The van der Waals surface area contributed by atoms with E-state index in [1.807, 2.05) is 0 Å². The summed E-state index contributed by atoms with van der Waals surface area (Å²) in [5, 5.41) is 0. The molecule has 1 saturated heterocycles. The molecule has 1 aliphatic heterocycles. The van der Waals surface area contributed by atoms with Crippen LogP contribution in [0.4, 0.5) is 5.69 Å². The fourth-order valence-electron chi connectivity index (χ4n) is 1.91. The second-order valence-corrected chi connectivity index (χ2v) is 4.87. The third-order valence-corrected chi connectivity index (χ3v) is 3.33. The van der Waals surface area contributed by atoms with Gasteiger partial charge in [0.05, 0.1) is 12.2 Å². The average Bonchev–Trinajstić information content (AvgIpc) is 2.17. The first-order valence-corrected chi connectivity index (χ1v) is 5.99. The van der Waals surface area contributed by atoms with Crippen LogP contribution in [0.25, 0.3) is 0 Å². The van der Waals surface area contributed by atoms with Crippen molar-refractivity contribution in [1.29, 1.82) is 0 Å². The Morgan fingerprint density at radius 1 is 1.40 bits per heavy atom. The highest BCUT2D eigenvalue weighted by atomic mass is 79.9. The molecule has 0 unspecified atom stereocenters. The van der Waals surface area contributed by atoms with Crippen molar-refractivity contribution < 1.29 is 4.79 Å². The van der Waals surface area contributed by atoms with E-state index in [1.54, 1.807) is 0 Å². The Bertz CT molecular complexity index is 389. The van der Waals surface area contributed by atoms with Gasteiger partial charge < -0.3 is 4.90 Å². The van der Waals surface area contributed by atoms with E-state index in [0.29, 0.717) is 12.3 Å². The topological polar surface area (TPSA) is 20.3 Å². The number of piperidine rings is 1. The number of benzene rings is 1. The highest BCUT2D eigenvalue weighted by Crippen LogP contribution is 2.28. The molecule has 0 aromatic heterocycles. The molecule has 2 rings (SSSR count). The van der Waals surface area contributed by atoms with Gasteiger partial charge in [-0.1, -0.05) is 6.07 Å². The Morgan fingerprint density at radius 2 is 2.20 bits per heavy atom. The summed E-state index contributed by atoms with van der Waals surface area (Å²) in [6, 6.07) is 6.26. The van der Waals surface area contributed by atoms with Crippen LogP contribution in [0.3, 0.4) is 0 Å². The molecule has 3 heteroatoms. The first-order valence-electron chi connectivity index (χ1n) is 5.19. The summed E-state index contributed by atoms with van der Waals surface area (Å²) in [5.74, 6) is 0.341. The smallest absolute Gasteiger partial charge is 0.152 e. The maximum absolute atomic E-state index is 11.4. The van der Waals surface area contributed by atoms with Gasteiger partial charge in [0, 0.05) is 17.4 Å². The Balaban J connectivity index is 2.24. The molecule has 0 bridgehead atoms. The van der Waals surface area contributed by atoms with E-state index in [9.17, 15) is 4.79 Å². The SMILES string of the molecule is Cc1ccc(N2CCCC(=O)C2)c(Br)c1. The van der Waals surface area contributed by atoms with E-state index in [2.05, 4.69) is 46.0 Å². The number of hydrogen-bond donors (Lipinski definition) is 0. The van der Waals surface area contributed by atoms with E-state index in [0.717, 1.165) is 29.5 Å². The molecule has 0 spiro atoms. The molecule has 80 valence electrons. The Kier molecular flexibility index (Phi) is 3.10. The zero-order valence-corrected chi connectivity index (χ0v) is 10.4. The fraction of sp³-hybridized carbons (Fsp3) is 0.417. The molecular weight excluding hydrogens is 254 g/mol. The number of carbonyl (C=O) groups is 1. The Hall–Kier alpha value is -0.830. The quantitative estimate of drug-likeness (QED) is 0.780. The van der Waals surface area contributed by atoms with Gasteiger partial charge in [-0.05, 0) is 47.0 Å². The molecule has 1 heterocycles. The summed E-state index contributed by atoms with van der Waals surface area (Å²) < 4.78 is 1.08. The minimum Gasteiger partial charge on any atom is -0.363 e. The van der Waals surface area contributed by atoms with Crippen LogP contribution in [0.1, 0.15) is 18.4 Å². The Labute approximate surface area is 98.4 Å². The number of aryl methyl sites for hydroxylation is 1. The molecular formula is C12H14BrNO. The van der Waals surface area contributed by atoms with Crippen LogP contribution in [0, 0.1) is 6.92 Å². The largest absolute Gasteiger partial charge is 0.363 e. The van der Waals surface area contributed by atoms with Crippen LogP contribution in [0.2, 0.25) is 0 Å². The van der Waals surface area contributed by atoms with Crippen molar-refractivity contribution in [1.82, 2.24) is 0 Å². The predicted octanol–water partition coefficient (Wildman–Crippen LogP) is 2.93. The molecule has 1 aliphatic rings. The number of anilines is 1. The van der Waals surface area contributed by atoms with Gasteiger partial charge in [-0.15, -0.1) is 0 Å². The third-order valence-electron chi connectivity index (χ3n) is 2.69. The molecule has 1 aromatic rings. The second-order valence-electron chi connectivity index (χ2n) is 4.02. The standard InChI is InChI=1S/C12H14BrNO/c1-9-4-5-12(11(13)7-9)14-6-2-3-10(15)8-14/h4-5,7H,2-3,6,8H2,1H3. The molecule has 0 saturated carbocycles. The number of rotatable bonds is 1. The van der Waals surface area contributed by atoms with Crippen LogP contribution < -0.4 is 4.90 Å². The number of halogens is 1. The first-order chi connectivity index (χ1) is 7.16. The maximum atomic E-state index is 11.4. The first kappa shape index (κ1) is 10.7. The van der Waals surface area contributed by atoms with Crippen LogP contribution in [0.15, 0.2) is 22.7 Å². The lowest BCUT2D eigenvalue weighted by atomic mass is 10.1. The zero-order chi connectivity index (χ0) is 10.8. The average molecular weight is 268 g/mol. The molecule has 0 atom stereocenters. The van der Waals surface area contributed by atoms with E-state index < -0.39 is 0 Å². The zero-order valence-electron chi connectivity index (χ0n) is 8.79. The summed E-state index contributed by atoms with van der Waals surface area (Å²) >= 11 is 3.55. The molecule has 1 fully saturated rings. The lowest BCUT2D eigenvalue weighted by Crippen LogP contribution is -2.35. The van der Waals surface area contributed by atoms with Crippen molar-refractivity contribution in [2.24, 2.45) is 0 Å². The van der Waals surface area contributed by atoms with E-state index in [4.69, 9.17) is 0 Å². The van der Waals surface area contributed by atoms with Gasteiger partial charge in [0.15, 0.2) is 5.78 Å². The maximum Gasteiger partial charge on any atom is 0.152 e. The van der Waals surface area contributed by atoms with Crippen molar-refractivity contribution in [3.05, 3.63) is 28.2 Å². The van der Waals surface area contributed by atoms with Crippen molar-refractivity contribution in [3.8, 4) is 0 Å². The summed E-state index contributed by atoms with van der Waals surface area (Å²) in [4.78, 5) is 13.5. The minimum atomic E-state index is 0.341. The molecule has 0 N–H and O–H groups in total.